The van der Waals surface area contributed by atoms with E-state index in [1.807, 2.05) is 42.5 Å². The van der Waals surface area contributed by atoms with E-state index < -0.39 is 17.6 Å². The van der Waals surface area contributed by atoms with Crippen molar-refractivity contribution in [3.63, 3.8) is 0 Å². The highest BCUT2D eigenvalue weighted by atomic mass is 19.4. The van der Waals surface area contributed by atoms with Crippen LogP contribution in [0.1, 0.15) is 26.3 Å². The lowest BCUT2D eigenvalue weighted by molar-refractivity contribution is -0.138. The van der Waals surface area contributed by atoms with Gasteiger partial charge in [-0.3, -0.25) is 9.59 Å². The number of carbonyl (C=O) groups is 2. The average molecular weight is 453 g/mol. The Morgan fingerprint density at radius 1 is 0.667 bits per heavy atom. The third-order valence-corrected chi connectivity index (χ3v) is 5.53. The smallest absolute Gasteiger partial charge is 0.355 e. The maximum absolute atomic E-state index is 13.3. The van der Waals surface area contributed by atoms with Crippen molar-refractivity contribution in [3.05, 3.63) is 95.6 Å². The van der Waals surface area contributed by atoms with Crippen LogP contribution < -0.4 is 5.32 Å². The molecule has 1 saturated heterocycles. The highest BCUT2D eigenvalue weighted by Crippen LogP contribution is 2.32. The van der Waals surface area contributed by atoms with Crippen LogP contribution in [0.3, 0.4) is 0 Å². The number of halogens is 3. The summed E-state index contributed by atoms with van der Waals surface area (Å²) < 4.78 is 39.9. The number of nitrogens with one attached hydrogen (secondary N) is 1. The Hall–Kier alpha value is -3.81. The van der Waals surface area contributed by atoms with E-state index in [1.165, 1.54) is 23.1 Å². The Balaban J connectivity index is 1.45. The number of amides is 2. The molecule has 0 aliphatic carbocycles. The van der Waals surface area contributed by atoms with Gasteiger partial charge in [-0.1, -0.05) is 42.5 Å². The Labute approximate surface area is 189 Å². The Kier molecular flexibility index (Phi) is 6.35. The van der Waals surface area contributed by atoms with Gasteiger partial charge < -0.3 is 15.1 Å². The molecule has 1 fully saturated rings. The summed E-state index contributed by atoms with van der Waals surface area (Å²) >= 11 is 0. The van der Waals surface area contributed by atoms with Gasteiger partial charge in [0.2, 0.25) is 0 Å². The van der Waals surface area contributed by atoms with E-state index in [0.29, 0.717) is 11.3 Å². The molecule has 0 bridgehead atoms. The molecule has 5 nitrogen and oxygen atoms in total. The van der Waals surface area contributed by atoms with Crippen molar-refractivity contribution in [2.24, 2.45) is 0 Å². The first-order valence-electron chi connectivity index (χ1n) is 10.5. The second kappa shape index (κ2) is 9.36. The van der Waals surface area contributed by atoms with Crippen LogP contribution in [0.15, 0.2) is 78.9 Å². The predicted molar refractivity (Wildman–Crippen MR) is 119 cm³/mol. The summed E-state index contributed by atoms with van der Waals surface area (Å²) in [5.41, 5.74) is 0.669. The van der Waals surface area contributed by atoms with Crippen molar-refractivity contribution < 1.29 is 22.8 Å². The minimum Gasteiger partial charge on any atom is -0.355 e. The van der Waals surface area contributed by atoms with Gasteiger partial charge in [0.1, 0.15) is 0 Å². The molecule has 3 aromatic rings. The van der Waals surface area contributed by atoms with Gasteiger partial charge in [-0.2, -0.15) is 13.2 Å². The van der Waals surface area contributed by atoms with Gasteiger partial charge in [-0.25, -0.2) is 0 Å². The molecule has 1 heterocycles. The number of rotatable bonds is 4. The minimum absolute atomic E-state index is 0.158. The number of benzene rings is 3. The number of hydrogen-bond donors (Lipinski definition) is 1. The van der Waals surface area contributed by atoms with Gasteiger partial charge in [-0.05, 0) is 36.4 Å². The molecule has 0 radical (unpaired) electrons. The summed E-state index contributed by atoms with van der Waals surface area (Å²) in [7, 11) is 0. The maximum Gasteiger partial charge on any atom is 0.417 e. The standard InChI is InChI=1S/C25H22F3N3O2/c26-25(27,28)21-12-6-4-10-19(21)23(32)30-14-16-31(17-15-30)24(33)20-11-5-7-13-22(20)29-18-8-2-1-3-9-18/h1-13,29H,14-17H2. The van der Waals surface area contributed by atoms with Crippen LogP contribution >= 0.6 is 0 Å². The largest absolute Gasteiger partial charge is 0.417 e. The Morgan fingerprint density at radius 3 is 1.76 bits per heavy atom. The average Bonchev–Trinajstić information content (AvgIpc) is 2.84. The molecule has 1 aliphatic heterocycles. The fourth-order valence-corrected chi connectivity index (χ4v) is 3.83. The fourth-order valence-electron chi connectivity index (χ4n) is 3.83. The van der Waals surface area contributed by atoms with Crippen molar-refractivity contribution in [1.82, 2.24) is 9.80 Å². The van der Waals surface area contributed by atoms with E-state index in [1.54, 1.807) is 17.0 Å². The second-order valence-corrected chi connectivity index (χ2v) is 7.66. The van der Waals surface area contributed by atoms with Gasteiger partial charge >= 0.3 is 6.18 Å². The zero-order chi connectivity index (χ0) is 23.4. The molecule has 1 N–H and O–H groups in total. The third kappa shape index (κ3) is 5.00. The van der Waals surface area contributed by atoms with Crippen LogP contribution in [0.2, 0.25) is 0 Å². The van der Waals surface area contributed by atoms with Crippen molar-refractivity contribution >= 4 is 23.2 Å². The first kappa shape index (κ1) is 22.4. The van der Waals surface area contributed by atoms with E-state index in [0.717, 1.165) is 11.8 Å². The van der Waals surface area contributed by atoms with Gasteiger partial charge in [-0.15, -0.1) is 0 Å². The number of para-hydroxylation sites is 2. The molecule has 8 heteroatoms. The second-order valence-electron chi connectivity index (χ2n) is 7.66. The normalized spacial score (nSPS) is 14.2. The monoisotopic (exact) mass is 453 g/mol. The van der Waals surface area contributed by atoms with Gasteiger partial charge in [0, 0.05) is 31.9 Å². The molecule has 0 aromatic heterocycles. The van der Waals surface area contributed by atoms with Crippen molar-refractivity contribution in [1.29, 1.82) is 0 Å². The van der Waals surface area contributed by atoms with E-state index in [-0.39, 0.29) is 37.6 Å². The summed E-state index contributed by atoms with van der Waals surface area (Å²) in [4.78, 5) is 28.9. The molecular formula is C25H22F3N3O2. The van der Waals surface area contributed by atoms with Crippen LogP contribution in [0.5, 0.6) is 0 Å². The van der Waals surface area contributed by atoms with Gasteiger partial charge in [0.05, 0.1) is 22.4 Å². The lowest BCUT2D eigenvalue weighted by atomic mass is 10.1. The van der Waals surface area contributed by atoms with E-state index in [4.69, 9.17) is 0 Å². The van der Waals surface area contributed by atoms with E-state index in [2.05, 4.69) is 5.32 Å². The molecule has 0 unspecified atom stereocenters. The zero-order valence-electron chi connectivity index (χ0n) is 17.7. The van der Waals surface area contributed by atoms with Gasteiger partial charge in [0.25, 0.3) is 11.8 Å². The molecule has 0 atom stereocenters. The minimum atomic E-state index is -4.61. The zero-order valence-corrected chi connectivity index (χ0v) is 17.7. The summed E-state index contributed by atoms with van der Waals surface area (Å²) in [6.45, 7) is 0.785. The topological polar surface area (TPSA) is 52.7 Å². The summed E-state index contributed by atoms with van der Waals surface area (Å²) in [6, 6.07) is 21.4. The van der Waals surface area contributed by atoms with E-state index in [9.17, 15) is 22.8 Å². The molecular weight excluding hydrogens is 431 g/mol. The number of alkyl halides is 3. The van der Waals surface area contributed by atoms with Crippen LogP contribution in [-0.2, 0) is 6.18 Å². The van der Waals surface area contributed by atoms with Crippen LogP contribution in [0, 0.1) is 0 Å². The summed E-state index contributed by atoms with van der Waals surface area (Å²) in [5.74, 6) is -0.877. The third-order valence-electron chi connectivity index (χ3n) is 5.53. The van der Waals surface area contributed by atoms with Crippen LogP contribution in [0.25, 0.3) is 0 Å². The molecule has 170 valence electrons. The summed E-state index contributed by atoms with van der Waals surface area (Å²) in [6.07, 6.45) is -4.61. The van der Waals surface area contributed by atoms with Crippen LogP contribution in [0.4, 0.5) is 24.5 Å². The molecule has 0 saturated carbocycles. The number of anilines is 2. The molecule has 2 amide bonds. The number of piperazine rings is 1. The van der Waals surface area contributed by atoms with Crippen molar-refractivity contribution in [2.45, 2.75) is 6.18 Å². The highest BCUT2D eigenvalue weighted by Gasteiger charge is 2.36. The summed E-state index contributed by atoms with van der Waals surface area (Å²) in [5, 5.41) is 3.24. The predicted octanol–water partition coefficient (Wildman–Crippen LogP) is 5.05. The first-order chi connectivity index (χ1) is 15.8. The van der Waals surface area contributed by atoms with E-state index >= 15 is 0 Å². The molecule has 0 spiro atoms. The van der Waals surface area contributed by atoms with Crippen LogP contribution in [-0.4, -0.2) is 47.8 Å². The van der Waals surface area contributed by atoms with Crippen molar-refractivity contribution in [3.8, 4) is 0 Å². The molecule has 33 heavy (non-hydrogen) atoms. The van der Waals surface area contributed by atoms with Gasteiger partial charge in [0.15, 0.2) is 0 Å². The fraction of sp³-hybridized carbons (Fsp3) is 0.200. The lowest BCUT2D eigenvalue weighted by Gasteiger charge is -2.35. The quantitative estimate of drug-likeness (QED) is 0.602. The number of nitrogens with zero attached hydrogens (tertiary/aromatic N) is 2. The Bertz CT molecular complexity index is 1140. The number of carbonyl (C=O) groups excluding carboxylic acids is 2. The Morgan fingerprint density at radius 2 is 1.15 bits per heavy atom. The van der Waals surface area contributed by atoms with Crippen molar-refractivity contribution in [2.75, 3.05) is 31.5 Å². The highest BCUT2D eigenvalue weighted by molar-refractivity contribution is 6.01. The maximum atomic E-state index is 13.3. The number of hydrogen-bond acceptors (Lipinski definition) is 3. The molecule has 4 rings (SSSR count). The molecule has 1 aliphatic rings. The SMILES string of the molecule is O=C(c1ccccc1Nc1ccccc1)N1CCN(C(=O)c2ccccc2C(F)(F)F)CC1. The first-order valence-corrected chi connectivity index (χ1v) is 10.5. The lowest BCUT2D eigenvalue weighted by Crippen LogP contribution is -2.50. The molecule has 3 aromatic carbocycles.